The third kappa shape index (κ3) is 6.16. The van der Waals surface area contributed by atoms with Crippen molar-refractivity contribution >= 4 is 17.7 Å². The van der Waals surface area contributed by atoms with Crippen molar-refractivity contribution < 1.29 is 9.53 Å². The first-order valence-electron chi connectivity index (χ1n) is 12.7. The maximum absolute atomic E-state index is 13.1. The molecule has 1 aromatic heterocycles. The smallest absolute Gasteiger partial charge is 0.240 e. The predicted octanol–water partition coefficient (Wildman–Crippen LogP) is 4.04. The molecule has 188 valence electrons. The number of hydrogen-bond donors (Lipinski definition) is 1. The minimum Gasteiger partial charge on any atom is -0.367 e. The maximum atomic E-state index is 13.1. The summed E-state index contributed by atoms with van der Waals surface area (Å²) < 4.78 is 6.43. The second kappa shape index (κ2) is 12.0. The highest BCUT2D eigenvalue weighted by atomic mass is 32.2. The van der Waals surface area contributed by atoms with Gasteiger partial charge >= 0.3 is 0 Å². The van der Waals surface area contributed by atoms with Crippen LogP contribution in [0.3, 0.4) is 0 Å². The average molecular weight is 503 g/mol. The number of pyridine rings is 1. The molecule has 0 radical (unpaired) electrons. The molecule has 3 unspecified atom stereocenters. The lowest BCUT2D eigenvalue weighted by Crippen LogP contribution is -2.54. The van der Waals surface area contributed by atoms with Crippen molar-refractivity contribution in [1.29, 1.82) is 0 Å². The number of hydrogen-bond acceptors (Lipinski definition) is 6. The molecular weight excluding hydrogens is 468 g/mol. The minimum atomic E-state index is -0.128. The van der Waals surface area contributed by atoms with E-state index in [1.807, 2.05) is 23.2 Å². The van der Waals surface area contributed by atoms with E-state index >= 15 is 0 Å². The number of aryl methyl sites for hydroxylation is 1. The van der Waals surface area contributed by atoms with Crippen molar-refractivity contribution in [3.8, 4) is 0 Å². The summed E-state index contributed by atoms with van der Waals surface area (Å²) in [6.07, 6.45) is 3.58. The Morgan fingerprint density at radius 1 is 1.03 bits per heavy atom. The van der Waals surface area contributed by atoms with Crippen molar-refractivity contribution in [1.82, 2.24) is 20.1 Å². The number of benzene rings is 2. The summed E-state index contributed by atoms with van der Waals surface area (Å²) in [6, 6.07) is 22.9. The largest absolute Gasteiger partial charge is 0.367 e. The molecule has 0 spiro atoms. The standard InChI is InChI=1S/C29H34N4O2S/c1-22-9-11-24(12-10-22)27(23-6-3-2-4-7-23)35-19-18-32-14-16-33(17-15-32)29(34)26-21-36-28(31-26)25-8-5-13-30-20-25/h2-13,20,26-28,31H,14-19,21H2,1H3. The van der Waals surface area contributed by atoms with Crippen LogP contribution in [0.1, 0.15) is 33.7 Å². The van der Waals surface area contributed by atoms with Gasteiger partial charge in [0.25, 0.3) is 0 Å². The lowest BCUT2D eigenvalue weighted by molar-refractivity contribution is -0.134. The molecule has 2 saturated heterocycles. The zero-order chi connectivity index (χ0) is 24.7. The van der Waals surface area contributed by atoms with Gasteiger partial charge in [0.05, 0.1) is 18.0 Å². The van der Waals surface area contributed by atoms with Gasteiger partial charge in [0.2, 0.25) is 5.91 Å². The molecule has 2 aromatic carbocycles. The second-order valence-corrected chi connectivity index (χ2v) is 10.6. The van der Waals surface area contributed by atoms with Crippen LogP contribution in [0.5, 0.6) is 0 Å². The fourth-order valence-electron chi connectivity index (χ4n) is 4.80. The molecule has 1 amide bonds. The number of carbonyl (C=O) groups is 1. The number of aromatic nitrogens is 1. The number of carbonyl (C=O) groups excluding carboxylic acids is 1. The Hall–Kier alpha value is -2.71. The Bertz CT molecular complexity index is 1110. The van der Waals surface area contributed by atoms with E-state index in [9.17, 15) is 4.79 Å². The molecule has 1 N–H and O–H groups in total. The number of nitrogens with one attached hydrogen (secondary N) is 1. The van der Waals surface area contributed by atoms with Gasteiger partial charge in [-0.1, -0.05) is 66.2 Å². The maximum Gasteiger partial charge on any atom is 0.240 e. The van der Waals surface area contributed by atoms with Crippen LogP contribution in [0.2, 0.25) is 0 Å². The molecule has 3 aromatic rings. The summed E-state index contributed by atoms with van der Waals surface area (Å²) in [7, 11) is 0. The Labute approximate surface area is 218 Å². The molecule has 2 aliphatic rings. The van der Waals surface area contributed by atoms with E-state index in [4.69, 9.17) is 4.74 Å². The molecular formula is C29H34N4O2S. The van der Waals surface area contributed by atoms with Gasteiger partial charge in [-0.25, -0.2) is 0 Å². The van der Waals surface area contributed by atoms with Crippen LogP contribution >= 0.6 is 11.8 Å². The van der Waals surface area contributed by atoms with Crippen LogP contribution in [0.25, 0.3) is 0 Å². The zero-order valence-corrected chi connectivity index (χ0v) is 21.6. The lowest BCUT2D eigenvalue weighted by atomic mass is 10.0. The summed E-state index contributed by atoms with van der Waals surface area (Å²) in [5.41, 5.74) is 4.72. The Kier molecular flexibility index (Phi) is 8.33. The third-order valence-corrected chi connectivity index (χ3v) is 8.19. The summed E-state index contributed by atoms with van der Waals surface area (Å²) in [5, 5.41) is 3.63. The summed E-state index contributed by atoms with van der Waals surface area (Å²) in [4.78, 5) is 21.7. The van der Waals surface area contributed by atoms with E-state index < -0.39 is 0 Å². The van der Waals surface area contributed by atoms with Gasteiger partial charge in [0.15, 0.2) is 0 Å². The molecule has 0 bridgehead atoms. The lowest BCUT2D eigenvalue weighted by Gasteiger charge is -2.36. The number of nitrogens with zero attached hydrogens (tertiary/aromatic N) is 3. The Balaban J connectivity index is 1.09. The van der Waals surface area contributed by atoms with Crippen LogP contribution in [-0.2, 0) is 9.53 Å². The third-order valence-electron chi connectivity index (χ3n) is 6.93. The first kappa shape index (κ1) is 25.0. The number of ether oxygens (including phenoxy) is 1. The van der Waals surface area contributed by atoms with E-state index in [-0.39, 0.29) is 23.4 Å². The van der Waals surface area contributed by atoms with Crippen molar-refractivity contribution in [3.63, 3.8) is 0 Å². The molecule has 0 aliphatic carbocycles. The second-order valence-electron chi connectivity index (χ2n) is 9.46. The topological polar surface area (TPSA) is 57.7 Å². The van der Waals surface area contributed by atoms with E-state index in [1.165, 1.54) is 16.7 Å². The molecule has 6 nitrogen and oxygen atoms in total. The summed E-state index contributed by atoms with van der Waals surface area (Å²) in [6.45, 7) is 6.89. The monoisotopic (exact) mass is 502 g/mol. The number of amides is 1. The van der Waals surface area contributed by atoms with Gasteiger partial charge < -0.3 is 9.64 Å². The number of rotatable bonds is 8. The SMILES string of the molecule is Cc1ccc(C(OCCN2CCN(C(=O)C3CSC(c4cccnc4)N3)CC2)c2ccccc2)cc1. The van der Waals surface area contributed by atoms with E-state index in [0.29, 0.717) is 6.61 Å². The highest BCUT2D eigenvalue weighted by Gasteiger charge is 2.34. The fourth-order valence-corrected chi connectivity index (χ4v) is 6.02. The first-order valence-corrected chi connectivity index (χ1v) is 13.7. The molecule has 3 atom stereocenters. The van der Waals surface area contributed by atoms with Gasteiger partial charge in [0, 0.05) is 50.9 Å². The number of piperazine rings is 1. The van der Waals surface area contributed by atoms with Crippen LogP contribution in [0.15, 0.2) is 79.1 Å². The molecule has 7 heteroatoms. The predicted molar refractivity (Wildman–Crippen MR) is 145 cm³/mol. The summed E-state index contributed by atoms with van der Waals surface area (Å²) in [5.74, 6) is 1.01. The summed E-state index contributed by atoms with van der Waals surface area (Å²) >= 11 is 1.78. The fraction of sp³-hybridized carbons (Fsp3) is 0.379. The van der Waals surface area contributed by atoms with E-state index in [2.05, 4.69) is 76.7 Å². The molecule has 2 fully saturated rings. The molecule has 0 saturated carbocycles. The number of thioether (sulfide) groups is 1. The average Bonchev–Trinajstić information content (AvgIpc) is 3.43. The van der Waals surface area contributed by atoms with Crippen LogP contribution < -0.4 is 5.32 Å². The van der Waals surface area contributed by atoms with Crippen LogP contribution in [0, 0.1) is 6.92 Å². The van der Waals surface area contributed by atoms with Gasteiger partial charge in [-0.3, -0.25) is 20.0 Å². The van der Waals surface area contributed by atoms with Crippen LogP contribution in [0.4, 0.5) is 0 Å². The minimum absolute atomic E-state index is 0.0756. The van der Waals surface area contributed by atoms with Gasteiger partial charge in [-0.05, 0) is 29.7 Å². The molecule has 36 heavy (non-hydrogen) atoms. The normalized spacial score (nSPS) is 21.4. The van der Waals surface area contributed by atoms with E-state index in [1.54, 1.807) is 18.0 Å². The van der Waals surface area contributed by atoms with Crippen molar-refractivity contribution in [2.24, 2.45) is 0 Å². The van der Waals surface area contributed by atoms with Gasteiger partial charge in [-0.2, -0.15) is 0 Å². The van der Waals surface area contributed by atoms with Crippen molar-refractivity contribution in [2.75, 3.05) is 45.1 Å². The van der Waals surface area contributed by atoms with Gasteiger partial charge in [-0.15, -0.1) is 11.8 Å². The first-order chi connectivity index (χ1) is 17.7. The quantitative estimate of drug-likeness (QED) is 0.502. The van der Waals surface area contributed by atoms with Crippen LogP contribution in [-0.4, -0.2) is 71.8 Å². The highest BCUT2D eigenvalue weighted by Crippen LogP contribution is 2.33. The van der Waals surface area contributed by atoms with Crippen molar-refractivity contribution in [2.45, 2.75) is 24.4 Å². The molecule has 3 heterocycles. The Morgan fingerprint density at radius 3 is 2.50 bits per heavy atom. The molecule has 5 rings (SSSR count). The molecule has 2 aliphatic heterocycles. The Morgan fingerprint density at radius 2 is 1.78 bits per heavy atom. The zero-order valence-electron chi connectivity index (χ0n) is 20.8. The van der Waals surface area contributed by atoms with Gasteiger partial charge in [0.1, 0.15) is 6.10 Å². The van der Waals surface area contributed by atoms with E-state index in [0.717, 1.165) is 44.0 Å². The highest BCUT2D eigenvalue weighted by molar-refractivity contribution is 7.99. The van der Waals surface area contributed by atoms with Crippen molar-refractivity contribution in [3.05, 3.63) is 101 Å².